The van der Waals surface area contributed by atoms with Gasteiger partial charge in [-0.05, 0) is 26.2 Å². The molecule has 2 heterocycles. The molecule has 1 aromatic heterocycles. The molecule has 0 bridgehead atoms. The fourth-order valence-electron chi connectivity index (χ4n) is 2.12. The van der Waals surface area contributed by atoms with Gasteiger partial charge in [-0.2, -0.15) is 0 Å². The molecular weight excluding hydrogens is 232 g/mol. The minimum Gasteiger partial charge on any atom is -0.368 e. The molecule has 1 fully saturated rings. The minimum atomic E-state index is -0.519. The second-order valence-electron chi connectivity index (χ2n) is 4.46. The van der Waals surface area contributed by atoms with Gasteiger partial charge in [0.15, 0.2) is 0 Å². The van der Waals surface area contributed by atoms with Gasteiger partial charge in [-0.25, -0.2) is 4.98 Å². The van der Waals surface area contributed by atoms with Gasteiger partial charge in [0.25, 0.3) is 5.91 Å². The second-order valence-corrected chi connectivity index (χ2v) is 4.46. The molecule has 2 amide bonds. The van der Waals surface area contributed by atoms with Gasteiger partial charge in [0, 0.05) is 12.7 Å². The first-order valence-corrected chi connectivity index (χ1v) is 5.98. The largest absolute Gasteiger partial charge is 0.368 e. The first-order valence-electron chi connectivity index (χ1n) is 5.98. The first kappa shape index (κ1) is 12.5. The predicted molar refractivity (Wildman–Crippen MR) is 64.6 cm³/mol. The maximum Gasteiger partial charge on any atom is 0.274 e. The fraction of sp³-hybridized carbons (Fsp3) is 0.500. The standard InChI is InChI=1S/C12H16N4O2/c1-8-6-15-9(7-14-8)12(18)16-5-3-2-4-10(16)11(13)17/h6-7,10H,2-5H2,1H3,(H2,13,17)/t10-/m1/s1. The summed E-state index contributed by atoms with van der Waals surface area (Å²) in [5.41, 5.74) is 6.33. The molecule has 1 atom stereocenters. The summed E-state index contributed by atoms with van der Waals surface area (Å²) in [5, 5.41) is 0. The molecule has 6 nitrogen and oxygen atoms in total. The summed E-state index contributed by atoms with van der Waals surface area (Å²) in [6.45, 7) is 2.34. The van der Waals surface area contributed by atoms with Crippen LogP contribution >= 0.6 is 0 Å². The van der Waals surface area contributed by atoms with E-state index in [1.165, 1.54) is 17.3 Å². The van der Waals surface area contributed by atoms with Gasteiger partial charge in [0.1, 0.15) is 11.7 Å². The molecule has 0 unspecified atom stereocenters. The summed E-state index contributed by atoms with van der Waals surface area (Å²) >= 11 is 0. The normalized spacial score (nSPS) is 19.6. The number of rotatable bonds is 2. The Morgan fingerprint density at radius 2 is 2.11 bits per heavy atom. The molecule has 6 heteroatoms. The third-order valence-electron chi connectivity index (χ3n) is 3.09. The quantitative estimate of drug-likeness (QED) is 0.813. The van der Waals surface area contributed by atoms with Crippen LogP contribution in [0, 0.1) is 6.92 Å². The van der Waals surface area contributed by atoms with Gasteiger partial charge in [0.05, 0.1) is 11.9 Å². The van der Waals surface area contributed by atoms with Crippen molar-refractivity contribution >= 4 is 11.8 Å². The summed E-state index contributed by atoms with van der Waals surface area (Å²) in [6, 6.07) is -0.519. The average Bonchev–Trinajstić information content (AvgIpc) is 2.39. The lowest BCUT2D eigenvalue weighted by Gasteiger charge is -2.33. The number of hydrogen-bond donors (Lipinski definition) is 1. The molecule has 0 radical (unpaired) electrons. The molecule has 18 heavy (non-hydrogen) atoms. The van der Waals surface area contributed by atoms with Crippen molar-refractivity contribution < 1.29 is 9.59 Å². The highest BCUT2D eigenvalue weighted by Gasteiger charge is 2.31. The van der Waals surface area contributed by atoms with Crippen LogP contribution in [0.2, 0.25) is 0 Å². The first-order chi connectivity index (χ1) is 8.59. The van der Waals surface area contributed by atoms with Crippen LogP contribution in [0.4, 0.5) is 0 Å². The van der Waals surface area contributed by atoms with Crippen molar-refractivity contribution in [2.45, 2.75) is 32.2 Å². The Morgan fingerprint density at radius 3 is 2.72 bits per heavy atom. The molecule has 0 aromatic carbocycles. The lowest BCUT2D eigenvalue weighted by molar-refractivity contribution is -0.123. The van der Waals surface area contributed by atoms with Crippen LogP contribution in [-0.2, 0) is 4.79 Å². The van der Waals surface area contributed by atoms with Crippen LogP contribution in [-0.4, -0.2) is 39.3 Å². The molecule has 0 aliphatic carbocycles. The van der Waals surface area contributed by atoms with E-state index in [0.29, 0.717) is 13.0 Å². The molecule has 2 rings (SSSR count). The molecule has 1 saturated heterocycles. The second kappa shape index (κ2) is 5.12. The number of piperidine rings is 1. The van der Waals surface area contributed by atoms with Crippen LogP contribution in [0.1, 0.15) is 35.4 Å². The van der Waals surface area contributed by atoms with E-state index in [4.69, 9.17) is 5.73 Å². The van der Waals surface area contributed by atoms with Crippen molar-refractivity contribution in [1.29, 1.82) is 0 Å². The molecule has 1 aliphatic heterocycles. The third-order valence-corrected chi connectivity index (χ3v) is 3.09. The van der Waals surface area contributed by atoms with Gasteiger partial charge >= 0.3 is 0 Å². The maximum absolute atomic E-state index is 12.2. The Balaban J connectivity index is 2.20. The average molecular weight is 248 g/mol. The zero-order valence-electron chi connectivity index (χ0n) is 10.3. The van der Waals surface area contributed by atoms with E-state index in [2.05, 4.69) is 9.97 Å². The molecule has 1 aliphatic rings. The van der Waals surface area contributed by atoms with Crippen molar-refractivity contribution in [1.82, 2.24) is 14.9 Å². The summed E-state index contributed by atoms with van der Waals surface area (Å²) in [5.74, 6) is -0.728. The Hall–Kier alpha value is -1.98. The van der Waals surface area contributed by atoms with Gasteiger partial charge in [0.2, 0.25) is 5.91 Å². The third kappa shape index (κ3) is 2.47. The molecule has 96 valence electrons. The number of nitrogens with zero attached hydrogens (tertiary/aromatic N) is 3. The number of likely N-dealkylation sites (tertiary alicyclic amines) is 1. The van der Waals surface area contributed by atoms with E-state index in [0.717, 1.165) is 18.5 Å². The van der Waals surface area contributed by atoms with Crippen molar-refractivity contribution in [3.8, 4) is 0 Å². The maximum atomic E-state index is 12.2. The Kier molecular flexibility index (Phi) is 3.55. The van der Waals surface area contributed by atoms with Gasteiger partial charge < -0.3 is 10.6 Å². The van der Waals surface area contributed by atoms with E-state index < -0.39 is 11.9 Å². The van der Waals surface area contributed by atoms with Crippen molar-refractivity contribution in [3.63, 3.8) is 0 Å². The van der Waals surface area contributed by atoms with Crippen molar-refractivity contribution in [2.24, 2.45) is 5.73 Å². The smallest absolute Gasteiger partial charge is 0.274 e. The number of nitrogens with two attached hydrogens (primary N) is 1. The van der Waals surface area contributed by atoms with E-state index in [-0.39, 0.29) is 11.6 Å². The number of carbonyl (C=O) groups excluding carboxylic acids is 2. The van der Waals surface area contributed by atoms with E-state index in [9.17, 15) is 9.59 Å². The van der Waals surface area contributed by atoms with Crippen LogP contribution in [0.15, 0.2) is 12.4 Å². The monoisotopic (exact) mass is 248 g/mol. The molecule has 1 aromatic rings. The summed E-state index contributed by atoms with van der Waals surface area (Å²) in [6.07, 6.45) is 5.40. The molecule has 0 saturated carbocycles. The van der Waals surface area contributed by atoms with Crippen LogP contribution in [0.25, 0.3) is 0 Å². The van der Waals surface area contributed by atoms with Gasteiger partial charge in [-0.15, -0.1) is 0 Å². The highest BCUT2D eigenvalue weighted by molar-refractivity contribution is 5.95. The number of primary amides is 1. The fourth-order valence-corrected chi connectivity index (χ4v) is 2.12. The predicted octanol–water partition coefficient (Wildman–Crippen LogP) is 0.265. The molecule has 0 spiro atoms. The van der Waals surface area contributed by atoms with E-state index >= 15 is 0 Å². The summed E-state index contributed by atoms with van der Waals surface area (Å²) in [7, 11) is 0. The Labute approximate surface area is 105 Å². The Bertz CT molecular complexity index is 458. The highest BCUT2D eigenvalue weighted by atomic mass is 16.2. The minimum absolute atomic E-state index is 0.258. The molecular formula is C12H16N4O2. The zero-order chi connectivity index (χ0) is 13.1. The number of carbonyl (C=O) groups is 2. The van der Waals surface area contributed by atoms with E-state index in [1.54, 1.807) is 6.92 Å². The highest BCUT2D eigenvalue weighted by Crippen LogP contribution is 2.18. The molecule has 2 N–H and O–H groups in total. The number of aromatic nitrogens is 2. The Morgan fingerprint density at radius 1 is 1.33 bits per heavy atom. The van der Waals surface area contributed by atoms with Crippen molar-refractivity contribution in [2.75, 3.05) is 6.54 Å². The van der Waals surface area contributed by atoms with Crippen LogP contribution in [0.5, 0.6) is 0 Å². The number of aryl methyl sites for hydroxylation is 1. The number of hydrogen-bond acceptors (Lipinski definition) is 4. The summed E-state index contributed by atoms with van der Waals surface area (Å²) in [4.78, 5) is 33.2. The zero-order valence-corrected chi connectivity index (χ0v) is 10.3. The lowest BCUT2D eigenvalue weighted by atomic mass is 10.0. The van der Waals surface area contributed by atoms with E-state index in [1.807, 2.05) is 0 Å². The lowest BCUT2D eigenvalue weighted by Crippen LogP contribution is -2.50. The summed E-state index contributed by atoms with van der Waals surface area (Å²) < 4.78 is 0. The topological polar surface area (TPSA) is 89.2 Å². The van der Waals surface area contributed by atoms with Gasteiger partial charge in [-0.1, -0.05) is 0 Å². The SMILES string of the molecule is Cc1cnc(C(=O)N2CCCC[C@@H]2C(N)=O)cn1. The van der Waals surface area contributed by atoms with Crippen LogP contribution < -0.4 is 5.73 Å². The van der Waals surface area contributed by atoms with Gasteiger partial charge in [-0.3, -0.25) is 14.6 Å². The van der Waals surface area contributed by atoms with Crippen LogP contribution in [0.3, 0.4) is 0 Å². The van der Waals surface area contributed by atoms with Crippen molar-refractivity contribution in [3.05, 3.63) is 23.8 Å². The number of amides is 2.